The molecule has 1 atom stereocenters. The molecule has 1 saturated heterocycles. The highest BCUT2D eigenvalue weighted by molar-refractivity contribution is 5.94. The number of carbonyl (C=O) groups excluding carboxylic acids is 1. The van der Waals surface area contributed by atoms with Crippen LogP contribution in [0, 0.1) is 0 Å². The Bertz CT molecular complexity index is 402. The molecule has 2 rings (SSSR count). The second-order valence-corrected chi connectivity index (χ2v) is 4.08. The van der Waals surface area contributed by atoms with E-state index in [4.69, 9.17) is 9.63 Å². The Morgan fingerprint density at radius 1 is 1.41 bits per heavy atom. The highest BCUT2D eigenvalue weighted by atomic mass is 16.5. The molecule has 17 heavy (non-hydrogen) atoms. The fourth-order valence-corrected chi connectivity index (χ4v) is 2.08. The van der Waals surface area contributed by atoms with Gasteiger partial charge in [0.1, 0.15) is 6.04 Å². The number of carbonyl (C=O) groups is 2. The first-order chi connectivity index (χ1) is 8.20. The lowest BCUT2D eigenvalue weighted by molar-refractivity contribution is -0.142. The van der Waals surface area contributed by atoms with E-state index in [-0.39, 0.29) is 5.76 Å². The molecule has 0 aliphatic carbocycles. The van der Waals surface area contributed by atoms with Gasteiger partial charge >= 0.3 is 5.97 Å². The van der Waals surface area contributed by atoms with Crippen molar-refractivity contribution in [3.8, 4) is 0 Å². The minimum absolute atomic E-state index is 0.0955. The Kier molecular flexibility index (Phi) is 3.41. The topological polar surface area (TPSA) is 83.6 Å². The molecule has 0 radical (unpaired) electrons. The van der Waals surface area contributed by atoms with E-state index in [2.05, 4.69) is 5.16 Å². The van der Waals surface area contributed by atoms with Crippen molar-refractivity contribution in [2.75, 3.05) is 6.54 Å². The van der Waals surface area contributed by atoms with Gasteiger partial charge in [-0.05, 0) is 12.8 Å². The first-order valence-electron chi connectivity index (χ1n) is 5.64. The number of nitrogens with zero attached hydrogens (tertiary/aromatic N) is 2. The van der Waals surface area contributed by atoms with Gasteiger partial charge in [-0.15, -0.1) is 0 Å². The number of rotatable bonds is 2. The van der Waals surface area contributed by atoms with Crippen molar-refractivity contribution in [3.63, 3.8) is 0 Å². The normalized spacial score (nSPS) is 20.9. The summed E-state index contributed by atoms with van der Waals surface area (Å²) in [5, 5.41) is 12.6. The van der Waals surface area contributed by atoms with Crippen LogP contribution in [0.4, 0.5) is 0 Å². The number of likely N-dealkylation sites (tertiary alicyclic amines) is 1. The number of amides is 1. The molecule has 0 bridgehead atoms. The van der Waals surface area contributed by atoms with Crippen molar-refractivity contribution in [3.05, 3.63) is 18.0 Å². The average Bonchev–Trinajstić information content (AvgIpc) is 2.71. The molecular formula is C11H14N2O4. The Morgan fingerprint density at radius 3 is 2.88 bits per heavy atom. The van der Waals surface area contributed by atoms with Crippen molar-refractivity contribution >= 4 is 11.9 Å². The summed E-state index contributed by atoms with van der Waals surface area (Å²) in [4.78, 5) is 24.6. The average molecular weight is 238 g/mol. The Hall–Kier alpha value is -1.85. The fraction of sp³-hybridized carbons (Fsp3) is 0.545. The number of aliphatic carboxylic acids is 1. The van der Waals surface area contributed by atoms with Gasteiger partial charge in [0.05, 0.1) is 6.20 Å². The van der Waals surface area contributed by atoms with Crippen LogP contribution in [0.25, 0.3) is 0 Å². The van der Waals surface area contributed by atoms with Crippen LogP contribution in [-0.4, -0.2) is 39.6 Å². The molecule has 1 aromatic rings. The van der Waals surface area contributed by atoms with E-state index in [1.807, 2.05) is 0 Å². The van der Waals surface area contributed by atoms with Crippen LogP contribution in [0.3, 0.4) is 0 Å². The van der Waals surface area contributed by atoms with E-state index in [0.717, 1.165) is 19.3 Å². The van der Waals surface area contributed by atoms with Gasteiger partial charge in [0.2, 0.25) is 5.76 Å². The zero-order valence-electron chi connectivity index (χ0n) is 9.33. The second-order valence-electron chi connectivity index (χ2n) is 4.08. The molecule has 6 heteroatoms. The molecule has 2 heterocycles. The van der Waals surface area contributed by atoms with Crippen LogP contribution in [0.15, 0.2) is 16.8 Å². The molecule has 0 saturated carbocycles. The summed E-state index contributed by atoms with van der Waals surface area (Å²) >= 11 is 0. The van der Waals surface area contributed by atoms with E-state index in [1.165, 1.54) is 17.2 Å². The third kappa shape index (κ3) is 2.46. The van der Waals surface area contributed by atoms with E-state index >= 15 is 0 Å². The van der Waals surface area contributed by atoms with Crippen LogP contribution >= 0.6 is 0 Å². The zero-order valence-corrected chi connectivity index (χ0v) is 9.33. The largest absolute Gasteiger partial charge is 0.480 e. The summed E-state index contributed by atoms with van der Waals surface area (Å²) in [5.74, 6) is -1.25. The fourth-order valence-electron chi connectivity index (χ4n) is 2.08. The smallest absolute Gasteiger partial charge is 0.326 e. The Morgan fingerprint density at radius 2 is 2.24 bits per heavy atom. The summed E-state index contributed by atoms with van der Waals surface area (Å²) < 4.78 is 4.78. The van der Waals surface area contributed by atoms with Gasteiger partial charge in [-0.2, -0.15) is 0 Å². The molecule has 1 aliphatic rings. The molecule has 1 amide bonds. The van der Waals surface area contributed by atoms with E-state index in [0.29, 0.717) is 13.0 Å². The summed E-state index contributed by atoms with van der Waals surface area (Å²) in [7, 11) is 0. The maximum absolute atomic E-state index is 12.1. The van der Waals surface area contributed by atoms with Crippen molar-refractivity contribution in [2.45, 2.75) is 31.7 Å². The number of hydrogen-bond donors (Lipinski definition) is 1. The molecule has 1 N–H and O–H groups in total. The Labute approximate surface area is 98.2 Å². The second kappa shape index (κ2) is 4.99. The van der Waals surface area contributed by atoms with Gasteiger partial charge in [0.25, 0.3) is 5.91 Å². The minimum Gasteiger partial charge on any atom is -0.480 e. The van der Waals surface area contributed by atoms with Crippen LogP contribution in [0.1, 0.15) is 36.2 Å². The molecule has 0 spiro atoms. The molecule has 1 aliphatic heterocycles. The van der Waals surface area contributed by atoms with Gasteiger partial charge in [-0.1, -0.05) is 18.0 Å². The first-order valence-corrected chi connectivity index (χ1v) is 5.64. The molecule has 6 nitrogen and oxygen atoms in total. The van der Waals surface area contributed by atoms with Crippen LogP contribution in [-0.2, 0) is 4.79 Å². The molecule has 1 aromatic heterocycles. The third-order valence-corrected chi connectivity index (χ3v) is 2.95. The molecule has 1 unspecified atom stereocenters. The lowest BCUT2D eigenvalue weighted by atomic mass is 10.1. The van der Waals surface area contributed by atoms with Gasteiger partial charge in [-0.3, -0.25) is 4.79 Å². The first kappa shape index (κ1) is 11.6. The molecule has 92 valence electrons. The van der Waals surface area contributed by atoms with Gasteiger partial charge in [-0.25, -0.2) is 4.79 Å². The van der Waals surface area contributed by atoms with E-state index < -0.39 is 17.9 Å². The summed E-state index contributed by atoms with van der Waals surface area (Å²) in [5.41, 5.74) is 0. The van der Waals surface area contributed by atoms with Crippen molar-refractivity contribution in [2.24, 2.45) is 0 Å². The number of carboxylic acids is 1. The summed E-state index contributed by atoms with van der Waals surface area (Å²) in [6.45, 7) is 0.455. The predicted molar refractivity (Wildman–Crippen MR) is 57.4 cm³/mol. The monoisotopic (exact) mass is 238 g/mol. The highest BCUT2D eigenvalue weighted by Gasteiger charge is 2.32. The van der Waals surface area contributed by atoms with Crippen molar-refractivity contribution < 1.29 is 19.2 Å². The maximum atomic E-state index is 12.1. The molecule has 0 aromatic carbocycles. The number of carboxylic acid groups (broad SMARTS) is 1. The highest BCUT2D eigenvalue weighted by Crippen LogP contribution is 2.19. The van der Waals surface area contributed by atoms with Crippen LogP contribution < -0.4 is 0 Å². The zero-order chi connectivity index (χ0) is 12.3. The van der Waals surface area contributed by atoms with E-state index in [9.17, 15) is 9.59 Å². The quantitative estimate of drug-likeness (QED) is 0.835. The molecule has 1 fully saturated rings. The number of aromatic nitrogens is 1. The summed E-state index contributed by atoms with van der Waals surface area (Å²) in [6.07, 6.45) is 4.47. The van der Waals surface area contributed by atoms with E-state index in [1.54, 1.807) is 0 Å². The standard InChI is InChI=1S/C11H14N2O4/c14-10(9-5-6-12-17-9)13-7-3-1-2-4-8(13)11(15)16/h5-6,8H,1-4,7H2,(H,15,16). The number of hydrogen-bond acceptors (Lipinski definition) is 4. The third-order valence-electron chi connectivity index (χ3n) is 2.95. The van der Waals surface area contributed by atoms with Gasteiger partial charge in [0, 0.05) is 12.6 Å². The van der Waals surface area contributed by atoms with Crippen molar-refractivity contribution in [1.29, 1.82) is 0 Å². The minimum atomic E-state index is -0.959. The lowest BCUT2D eigenvalue weighted by Crippen LogP contribution is -2.44. The van der Waals surface area contributed by atoms with Gasteiger partial charge < -0.3 is 14.5 Å². The van der Waals surface area contributed by atoms with Crippen LogP contribution in [0.2, 0.25) is 0 Å². The van der Waals surface area contributed by atoms with Gasteiger partial charge in [0.15, 0.2) is 0 Å². The van der Waals surface area contributed by atoms with Crippen molar-refractivity contribution in [1.82, 2.24) is 10.1 Å². The Balaban J connectivity index is 2.20. The maximum Gasteiger partial charge on any atom is 0.326 e. The van der Waals surface area contributed by atoms with Crippen LogP contribution in [0.5, 0.6) is 0 Å². The molecular weight excluding hydrogens is 224 g/mol. The predicted octanol–water partition coefficient (Wildman–Crippen LogP) is 1.14. The SMILES string of the molecule is O=C(O)C1CCCCCN1C(=O)c1ccno1. The lowest BCUT2D eigenvalue weighted by Gasteiger charge is -2.25. The summed E-state index contributed by atoms with van der Waals surface area (Å²) in [6, 6.07) is 0.696.